The molecule has 96 valence electrons. The van der Waals surface area contributed by atoms with Gasteiger partial charge in [0.05, 0.1) is 0 Å². The monoisotopic (exact) mass is 241 g/mol. The zero-order valence-electron chi connectivity index (χ0n) is 11.5. The predicted molar refractivity (Wildman–Crippen MR) is 81.3 cm³/mol. The van der Waals surface area contributed by atoms with Crippen molar-refractivity contribution >= 4 is 16.5 Å². The van der Waals surface area contributed by atoms with Gasteiger partial charge in [-0.15, -0.1) is 0 Å². The van der Waals surface area contributed by atoms with Crippen LogP contribution in [-0.4, -0.2) is 7.05 Å². The summed E-state index contributed by atoms with van der Waals surface area (Å²) in [5.41, 5.74) is 2.68. The van der Waals surface area contributed by atoms with Crippen LogP contribution in [-0.2, 0) is 6.42 Å². The van der Waals surface area contributed by atoms with Crippen molar-refractivity contribution in [1.29, 1.82) is 0 Å². The molecule has 0 heterocycles. The first-order chi connectivity index (χ1) is 8.85. The highest BCUT2D eigenvalue weighted by atomic mass is 14.8. The Labute approximate surface area is 110 Å². The number of anilines is 1. The normalized spacial score (nSPS) is 10.8. The van der Waals surface area contributed by atoms with E-state index in [1.807, 2.05) is 7.05 Å². The molecule has 0 fully saturated rings. The van der Waals surface area contributed by atoms with Gasteiger partial charge in [0.25, 0.3) is 0 Å². The van der Waals surface area contributed by atoms with E-state index in [0.717, 1.165) is 0 Å². The predicted octanol–water partition coefficient (Wildman–Crippen LogP) is 5.00. The summed E-state index contributed by atoms with van der Waals surface area (Å²) in [6.07, 6.45) is 6.52. The minimum Gasteiger partial charge on any atom is -0.388 e. The van der Waals surface area contributed by atoms with Crippen molar-refractivity contribution in [2.24, 2.45) is 0 Å². The van der Waals surface area contributed by atoms with Gasteiger partial charge in [-0.05, 0) is 41.3 Å². The largest absolute Gasteiger partial charge is 0.388 e. The van der Waals surface area contributed by atoms with E-state index in [1.54, 1.807) is 0 Å². The fourth-order valence-corrected chi connectivity index (χ4v) is 2.47. The van der Waals surface area contributed by atoms with Crippen LogP contribution < -0.4 is 5.32 Å². The van der Waals surface area contributed by atoms with E-state index in [4.69, 9.17) is 0 Å². The average molecular weight is 241 g/mol. The molecular formula is C17H23N. The van der Waals surface area contributed by atoms with Gasteiger partial charge in [-0.1, -0.05) is 50.5 Å². The number of benzene rings is 2. The number of rotatable bonds is 6. The Morgan fingerprint density at radius 1 is 1.00 bits per heavy atom. The zero-order chi connectivity index (χ0) is 12.8. The molecule has 1 N–H and O–H groups in total. The lowest BCUT2D eigenvalue weighted by molar-refractivity contribution is 0.668. The summed E-state index contributed by atoms with van der Waals surface area (Å²) in [6.45, 7) is 2.26. The first-order valence-electron chi connectivity index (χ1n) is 7.04. The third-order valence-corrected chi connectivity index (χ3v) is 3.56. The Hall–Kier alpha value is -1.50. The van der Waals surface area contributed by atoms with Crippen LogP contribution in [0.1, 0.15) is 38.2 Å². The standard InChI is InChI=1S/C17H23N/c1-3-4-5-6-8-14-9-7-10-15-13-16(18-2)11-12-17(14)15/h7,9-13,18H,3-6,8H2,1-2H3. The van der Waals surface area contributed by atoms with Crippen LogP contribution in [0.2, 0.25) is 0 Å². The molecule has 0 aliphatic heterocycles. The lowest BCUT2D eigenvalue weighted by Crippen LogP contribution is -1.91. The zero-order valence-corrected chi connectivity index (χ0v) is 11.5. The maximum absolute atomic E-state index is 3.20. The van der Waals surface area contributed by atoms with Crippen LogP contribution in [0.3, 0.4) is 0 Å². The van der Waals surface area contributed by atoms with Crippen molar-refractivity contribution in [3.8, 4) is 0 Å². The number of aryl methyl sites for hydroxylation is 1. The highest BCUT2D eigenvalue weighted by Crippen LogP contribution is 2.23. The highest BCUT2D eigenvalue weighted by Gasteiger charge is 2.01. The van der Waals surface area contributed by atoms with Crippen molar-refractivity contribution in [1.82, 2.24) is 0 Å². The van der Waals surface area contributed by atoms with E-state index in [9.17, 15) is 0 Å². The minimum atomic E-state index is 1.19. The molecule has 0 radical (unpaired) electrons. The molecule has 0 aliphatic rings. The summed E-state index contributed by atoms with van der Waals surface area (Å²) < 4.78 is 0. The Morgan fingerprint density at radius 3 is 2.67 bits per heavy atom. The van der Waals surface area contributed by atoms with Gasteiger partial charge in [-0.3, -0.25) is 0 Å². The van der Waals surface area contributed by atoms with Gasteiger partial charge in [-0.2, -0.15) is 0 Å². The second-order valence-corrected chi connectivity index (χ2v) is 4.91. The quantitative estimate of drug-likeness (QED) is 0.701. The molecule has 0 atom stereocenters. The Kier molecular flexibility index (Phi) is 4.63. The molecule has 1 nitrogen and oxygen atoms in total. The minimum absolute atomic E-state index is 1.19. The van der Waals surface area contributed by atoms with Crippen molar-refractivity contribution in [3.05, 3.63) is 42.0 Å². The average Bonchev–Trinajstić information content (AvgIpc) is 2.43. The molecule has 0 saturated carbocycles. The molecule has 2 aromatic carbocycles. The maximum atomic E-state index is 3.20. The van der Waals surface area contributed by atoms with Crippen molar-refractivity contribution in [3.63, 3.8) is 0 Å². The number of hydrogen-bond acceptors (Lipinski definition) is 1. The highest BCUT2D eigenvalue weighted by molar-refractivity contribution is 5.88. The van der Waals surface area contributed by atoms with Crippen molar-refractivity contribution in [2.75, 3.05) is 12.4 Å². The van der Waals surface area contributed by atoms with Crippen LogP contribution in [0.25, 0.3) is 10.8 Å². The Balaban J connectivity index is 2.17. The van der Waals surface area contributed by atoms with E-state index in [-0.39, 0.29) is 0 Å². The number of hydrogen-bond donors (Lipinski definition) is 1. The smallest absolute Gasteiger partial charge is 0.0343 e. The van der Waals surface area contributed by atoms with Crippen molar-refractivity contribution in [2.45, 2.75) is 39.0 Å². The molecule has 0 spiro atoms. The van der Waals surface area contributed by atoms with E-state index in [0.29, 0.717) is 0 Å². The van der Waals surface area contributed by atoms with Gasteiger partial charge < -0.3 is 5.32 Å². The van der Waals surface area contributed by atoms with Crippen LogP contribution >= 0.6 is 0 Å². The third-order valence-electron chi connectivity index (χ3n) is 3.56. The van der Waals surface area contributed by atoms with Gasteiger partial charge in [0.1, 0.15) is 0 Å². The summed E-state index contributed by atoms with van der Waals surface area (Å²) in [6, 6.07) is 13.3. The summed E-state index contributed by atoms with van der Waals surface area (Å²) in [4.78, 5) is 0. The molecule has 0 aromatic heterocycles. The molecule has 0 unspecified atom stereocenters. The fraction of sp³-hybridized carbons (Fsp3) is 0.412. The summed E-state index contributed by atoms with van der Waals surface area (Å²) in [5.74, 6) is 0. The van der Waals surface area contributed by atoms with Gasteiger partial charge in [0.2, 0.25) is 0 Å². The molecule has 18 heavy (non-hydrogen) atoms. The summed E-state index contributed by atoms with van der Waals surface area (Å²) in [7, 11) is 1.97. The molecule has 0 saturated heterocycles. The van der Waals surface area contributed by atoms with E-state index in [1.165, 1.54) is 54.1 Å². The maximum Gasteiger partial charge on any atom is 0.0343 e. The first kappa shape index (κ1) is 12.9. The van der Waals surface area contributed by atoms with Gasteiger partial charge in [0.15, 0.2) is 0 Å². The number of fused-ring (bicyclic) bond motifs is 1. The van der Waals surface area contributed by atoms with Crippen LogP contribution in [0.15, 0.2) is 36.4 Å². The number of unbranched alkanes of at least 4 members (excludes halogenated alkanes) is 3. The topological polar surface area (TPSA) is 12.0 Å². The molecule has 0 bridgehead atoms. The second-order valence-electron chi connectivity index (χ2n) is 4.91. The van der Waals surface area contributed by atoms with Crippen LogP contribution in [0.4, 0.5) is 5.69 Å². The molecular weight excluding hydrogens is 218 g/mol. The molecule has 2 rings (SSSR count). The Bertz CT molecular complexity index is 502. The lowest BCUT2D eigenvalue weighted by Gasteiger charge is -2.08. The summed E-state index contributed by atoms with van der Waals surface area (Å²) in [5, 5.41) is 5.95. The first-order valence-corrected chi connectivity index (χ1v) is 7.04. The molecule has 0 aliphatic carbocycles. The summed E-state index contributed by atoms with van der Waals surface area (Å²) >= 11 is 0. The van der Waals surface area contributed by atoms with Gasteiger partial charge in [0, 0.05) is 12.7 Å². The number of nitrogens with one attached hydrogen (secondary N) is 1. The SMILES string of the molecule is CCCCCCc1cccc2cc(NC)ccc12. The molecule has 0 amide bonds. The third kappa shape index (κ3) is 3.04. The van der Waals surface area contributed by atoms with Crippen LogP contribution in [0, 0.1) is 0 Å². The second kappa shape index (κ2) is 6.44. The van der Waals surface area contributed by atoms with Gasteiger partial charge >= 0.3 is 0 Å². The van der Waals surface area contributed by atoms with Crippen LogP contribution in [0.5, 0.6) is 0 Å². The van der Waals surface area contributed by atoms with E-state index in [2.05, 4.69) is 48.6 Å². The van der Waals surface area contributed by atoms with E-state index >= 15 is 0 Å². The lowest BCUT2D eigenvalue weighted by atomic mass is 9.99. The van der Waals surface area contributed by atoms with E-state index < -0.39 is 0 Å². The molecule has 1 heteroatoms. The van der Waals surface area contributed by atoms with Crippen molar-refractivity contribution < 1.29 is 0 Å². The Morgan fingerprint density at radius 2 is 1.89 bits per heavy atom. The van der Waals surface area contributed by atoms with Gasteiger partial charge in [-0.25, -0.2) is 0 Å². The fourth-order valence-electron chi connectivity index (χ4n) is 2.47. The molecule has 2 aromatic rings.